The van der Waals surface area contributed by atoms with Crippen molar-refractivity contribution in [2.45, 2.75) is 44.7 Å². The molecule has 0 spiro atoms. The van der Waals surface area contributed by atoms with Gasteiger partial charge in [-0.1, -0.05) is 34.1 Å². The van der Waals surface area contributed by atoms with Crippen LogP contribution in [0.3, 0.4) is 0 Å². The van der Waals surface area contributed by atoms with Crippen molar-refractivity contribution in [2.24, 2.45) is 0 Å². The Balaban J connectivity index is 1.70. The van der Waals surface area contributed by atoms with Gasteiger partial charge in [-0.3, -0.25) is 9.59 Å². The highest BCUT2D eigenvalue weighted by Gasteiger charge is 2.35. The Morgan fingerprint density at radius 3 is 2.54 bits per heavy atom. The van der Waals surface area contributed by atoms with E-state index in [-0.39, 0.29) is 24.9 Å². The van der Waals surface area contributed by atoms with E-state index in [1.807, 2.05) is 19.1 Å². The molecule has 0 radical (unpaired) electrons. The second-order valence-corrected chi connectivity index (χ2v) is 10.1. The lowest BCUT2D eigenvalue weighted by atomic mass is 9.89. The summed E-state index contributed by atoms with van der Waals surface area (Å²) in [6, 6.07) is 10.6. The molecule has 0 aliphatic carbocycles. The third-order valence-electron chi connectivity index (χ3n) is 6.72. The number of benzene rings is 2. The van der Waals surface area contributed by atoms with Gasteiger partial charge in [0.15, 0.2) is 0 Å². The molecule has 2 N–H and O–H groups in total. The molecule has 6 nitrogen and oxygen atoms in total. The van der Waals surface area contributed by atoms with Gasteiger partial charge in [0.1, 0.15) is 5.82 Å². The van der Waals surface area contributed by atoms with Crippen LogP contribution >= 0.6 is 15.9 Å². The molecule has 1 aliphatic heterocycles. The Morgan fingerprint density at radius 2 is 1.86 bits per heavy atom. The third kappa shape index (κ3) is 6.06. The molecule has 0 saturated carbocycles. The maximum atomic E-state index is 13.7. The first kappa shape index (κ1) is 26.9. The van der Waals surface area contributed by atoms with Gasteiger partial charge in [-0.05, 0) is 56.0 Å². The van der Waals surface area contributed by atoms with Crippen LogP contribution in [0.2, 0.25) is 0 Å². The van der Waals surface area contributed by atoms with Crippen molar-refractivity contribution in [2.75, 3.05) is 24.5 Å². The SMILES string of the molecule is Cc1c(N2CCCC2)nc2ccc(Br)cc2c1C(=O)NCC(CCC(=O)O)c1ccccc1C(F)(F)F. The first-order valence-corrected chi connectivity index (χ1v) is 12.9. The van der Waals surface area contributed by atoms with Crippen LogP contribution in [-0.4, -0.2) is 41.6 Å². The van der Waals surface area contributed by atoms with Gasteiger partial charge in [0.25, 0.3) is 5.91 Å². The molecular formula is C27H27BrF3N3O3. The number of carboxylic acid groups (broad SMARTS) is 1. The predicted molar refractivity (Wildman–Crippen MR) is 139 cm³/mol. The number of aliphatic carboxylic acids is 1. The Morgan fingerprint density at radius 1 is 1.16 bits per heavy atom. The van der Waals surface area contributed by atoms with Gasteiger partial charge in [-0.15, -0.1) is 0 Å². The zero-order chi connectivity index (χ0) is 26.7. The number of nitrogens with one attached hydrogen (secondary N) is 1. The summed E-state index contributed by atoms with van der Waals surface area (Å²) in [6.07, 6.45) is -2.91. The summed E-state index contributed by atoms with van der Waals surface area (Å²) in [5.41, 5.74) is 0.890. The molecule has 37 heavy (non-hydrogen) atoms. The van der Waals surface area contributed by atoms with E-state index in [2.05, 4.69) is 26.1 Å². The molecule has 2 heterocycles. The van der Waals surface area contributed by atoms with E-state index in [1.54, 1.807) is 6.07 Å². The fourth-order valence-electron chi connectivity index (χ4n) is 4.93. The molecule has 4 rings (SSSR count). The van der Waals surface area contributed by atoms with Gasteiger partial charge >= 0.3 is 12.1 Å². The predicted octanol–water partition coefficient (Wildman–Crippen LogP) is 6.30. The van der Waals surface area contributed by atoms with E-state index < -0.39 is 29.5 Å². The van der Waals surface area contributed by atoms with Crippen LogP contribution in [0.5, 0.6) is 0 Å². The maximum absolute atomic E-state index is 13.7. The standard InChI is InChI=1S/C27H27BrF3N3O3/c1-16-24(20-14-18(28)9-10-22(20)33-25(16)34-12-4-5-13-34)26(37)32-15-17(8-11-23(35)36)19-6-2-3-7-21(19)27(29,30)31/h2-3,6-7,9-10,14,17H,4-5,8,11-13,15H2,1H3,(H,32,37)(H,35,36). The molecule has 2 aromatic carbocycles. The average molecular weight is 578 g/mol. The first-order chi connectivity index (χ1) is 17.6. The van der Waals surface area contributed by atoms with Crippen LogP contribution in [-0.2, 0) is 11.0 Å². The molecule has 196 valence electrons. The topological polar surface area (TPSA) is 82.5 Å². The Hall–Kier alpha value is -3.14. The van der Waals surface area contributed by atoms with Crippen LogP contribution in [0, 0.1) is 6.92 Å². The number of carbonyl (C=O) groups excluding carboxylic acids is 1. The summed E-state index contributed by atoms with van der Waals surface area (Å²) in [5.74, 6) is -1.66. The summed E-state index contributed by atoms with van der Waals surface area (Å²) >= 11 is 3.45. The lowest BCUT2D eigenvalue weighted by Crippen LogP contribution is -2.31. The minimum atomic E-state index is -4.60. The highest BCUT2D eigenvalue weighted by atomic mass is 79.9. The highest BCUT2D eigenvalue weighted by Crippen LogP contribution is 2.37. The van der Waals surface area contributed by atoms with E-state index in [0.29, 0.717) is 22.0 Å². The minimum absolute atomic E-state index is 0.0339. The molecule has 10 heteroatoms. The lowest BCUT2D eigenvalue weighted by molar-refractivity contribution is -0.138. The Bertz CT molecular complexity index is 1320. The van der Waals surface area contributed by atoms with E-state index in [1.165, 1.54) is 18.2 Å². The number of halogens is 4. The number of hydrogen-bond acceptors (Lipinski definition) is 4. The van der Waals surface area contributed by atoms with Crippen molar-refractivity contribution < 1.29 is 27.9 Å². The fourth-order valence-corrected chi connectivity index (χ4v) is 5.29. The highest BCUT2D eigenvalue weighted by molar-refractivity contribution is 9.10. The number of hydrogen-bond donors (Lipinski definition) is 2. The van der Waals surface area contributed by atoms with Gasteiger partial charge in [0.2, 0.25) is 0 Å². The summed E-state index contributed by atoms with van der Waals surface area (Å²) in [5, 5.41) is 12.6. The molecule has 1 atom stereocenters. The number of aromatic nitrogens is 1. The number of rotatable bonds is 8. The smallest absolute Gasteiger partial charge is 0.416 e. The van der Waals surface area contributed by atoms with Crippen LogP contribution in [0.1, 0.15) is 58.6 Å². The molecule has 3 aromatic rings. The maximum Gasteiger partial charge on any atom is 0.416 e. The van der Waals surface area contributed by atoms with E-state index in [9.17, 15) is 27.9 Å². The van der Waals surface area contributed by atoms with Crippen LogP contribution in [0.15, 0.2) is 46.9 Å². The van der Waals surface area contributed by atoms with Gasteiger partial charge in [-0.2, -0.15) is 13.2 Å². The number of amides is 1. The number of anilines is 1. The van der Waals surface area contributed by atoms with Crippen molar-refractivity contribution in [1.82, 2.24) is 10.3 Å². The molecule has 1 amide bonds. The summed E-state index contributed by atoms with van der Waals surface area (Å²) in [7, 11) is 0. The van der Waals surface area contributed by atoms with Gasteiger partial charge in [0, 0.05) is 47.4 Å². The molecule has 1 unspecified atom stereocenters. The van der Waals surface area contributed by atoms with E-state index in [4.69, 9.17) is 4.98 Å². The zero-order valence-electron chi connectivity index (χ0n) is 20.2. The number of carboxylic acids is 1. The normalized spacial score (nSPS) is 14.7. The van der Waals surface area contributed by atoms with Crippen LogP contribution < -0.4 is 10.2 Å². The van der Waals surface area contributed by atoms with Crippen molar-refractivity contribution in [3.8, 4) is 0 Å². The Labute approximate surface area is 221 Å². The molecule has 1 fully saturated rings. The summed E-state index contributed by atoms with van der Waals surface area (Å²) in [4.78, 5) is 31.8. The quantitative estimate of drug-likeness (QED) is 0.328. The average Bonchev–Trinajstić information content (AvgIpc) is 3.37. The van der Waals surface area contributed by atoms with Crippen molar-refractivity contribution in [3.63, 3.8) is 0 Å². The van der Waals surface area contributed by atoms with Crippen molar-refractivity contribution in [1.29, 1.82) is 0 Å². The minimum Gasteiger partial charge on any atom is -0.481 e. The van der Waals surface area contributed by atoms with Crippen molar-refractivity contribution in [3.05, 3.63) is 69.2 Å². The number of alkyl halides is 3. The number of pyridine rings is 1. The Kier molecular flexibility index (Phi) is 8.06. The van der Waals surface area contributed by atoms with Crippen molar-refractivity contribution >= 4 is 44.5 Å². The number of fused-ring (bicyclic) bond motifs is 1. The van der Waals surface area contributed by atoms with Gasteiger partial charge in [-0.25, -0.2) is 4.98 Å². The number of carbonyl (C=O) groups is 2. The van der Waals surface area contributed by atoms with Crippen LogP contribution in [0.4, 0.5) is 19.0 Å². The molecular weight excluding hydrogens is 551 g/mol. The zero-order valence-corrected chi connectivity index (χ0v) is 21.8. The molecule has 1 saturated heterocycles. The number of nitrogens with zero attached hydrogens (tertiary/aromatic N) is 2. The second-order valence-electron chi connectivity index (χ2n) is 9.22. The molecule has 1 aliphatic rings. The van der Waals surface area contributed by atoms with E-state index in [0.717, 1.165) is 42.3 Å². The largest absolute Gasteiger partial charge is 0.481 e. The monoisotopic (exact) mass is 577 g/mol. The van der Waals surface area contributed by atoms with E-state index >= 15 is 0 Å². The molecule has 1 aromatic heterocycles. The second kappa shape index (κ2) is 11.1. The first-order valence-electron chi connectivity index (χ1n) is 12.1. The summed E-state index contributed by atoms with van der Waals surface area (Å²) < 4.78 is 41.9. The van der Waals surface area contributed by atoms with Gasteiger partial charge < -0.3 is 15.3 Å². The lowest BCUT2D eigenvalue weighted by Gasteiger charge is -2.24. The summed E-state index contributed by atoms with van der Waals surface area (Å²) in [6.45, 7) is 3.36. The van der Waals surface area contributed by atoms with Gasteiger partial charge in [0.05, 0.1) is 16.6 Å². The third-order valence-corrected chi connectivity index (χ3v) is 7.21. The molecule has 0 bridgehead atoms. The fraction of sp³-hybridized carbons (Fsp3) is 0.370. The van der Waals surface area contributed by atoms with Crippen LogP contribution in [0.25, 0.3) is 10.9 Å².